The molecule has 2 aliphatic rings. The van der Waals surface area contributed by atoms with Crippen LogP contribution in [0.3, 0.4) is 0 Å². The summed E-state index contributed by atoms with van der Waals surface area (Å²) in [6.45, 7) is 8.46. The van der Waals surface area contributed by atoms with Gasteiger partial charge in [-0.1, -0.05) is 78.9 Å². The molecule has 6 rings (SSSR count). The number of phenols is 1. The van der Waals surface area contributed by atoms with Crippen LogP contribution in [0.5, 0.6) is 5.75 Å². The van der Waals surface area contributed by atoms with Crippen molar-refractivity contribution in [3.63, 3.8) is 0 Å². The van der Waals surface area contributed by atoms with E-state index in [2.05, 4.69) is 89.7 Å². The van der Waals surface area contributed by atoms with Gasteiger partial charge >= 0.3 is 5.97 Å². The summed E-state index contributed by atoms with van der Waals surface area (Å²) in [5, 5.41) is 26.3. The number of phenolic OH excluding ortho intramolecular Hbond substituents is 1. The maximum Gasteiger partial charge on any atom is 0.335 e. The van der Waals surface area contributed by atoms with Crippen molar-refractivity contribution in [1.29, 1.82) is 0 Å². The highest BCUT2D eigenvalue weighted by atomic mass is 16.4. The molecule has 2 aliphatic heterocycles. The lowest BCUT2D eigenvalue weighted by Crippen LogP contribution is -2.56. The average Bonchev–Trinajstić information content (AvgIpc) is 3.49. The summed E-state index contributed by atoms with van der Waals surface area (Å²) in [7, 11) is 0. The quantitative estimate of drug-likeness (QED) is 0.238. The average molecular weight is 590 g/mol. The van der Waals surface area contributed by atoms with Gasteiger partial charge in [0.05, 0.1) is 30.4 Å². The van der Waals surface area contributed by atoms with Crippen molar-refractivity contribution in [3.8, 4) is 5.75 Å². The maximum absolute atomic E-state index is 11.4. The number of carboxylic acids is 1. The van der Waals surface area contributed by atoms with Gasteiger partial charge in [-0.05, 0) is 65.9 Å². The van der Waals surface area contributed by atoms with Gasteiger partial charge in [0.1, 0.15) is 5.75 Å². The topological polar surface area (TPSA) is 91.6 Å². The first-order valence-corrected chi connectivity index (χ1v) is 15.2. The molecule has 0 aliphatic carbocycles. The Morgan fingerprint density at radius 1 is 0.841 bits per heavy atom. The van der Waals surface area contributed by atoms with Gasteiger partial charge in [0.25, 0.3) is 0 Å². The first-order valence-electron chi connectivity index (χ1n) is 15.2. The van der Waals surface area contributed by atoms with Crippen molar-refractivity contribution >= 4 is 11.7 Å². The third-order valence-electron chi connectivity index (χ3n) is 8.65. The van der Waals surface area contributed by atoms with E-state index in [1.165, 1.54) is 11.1 Å². The third-order valence-corrected chi connectivity index (χ3v) is 8.65. The number of aromatic carboxylic acids is 1. The highest BCUT2D eigenvalue weighted by Crippen LogP contribution is 2.35. The monoisotopic (exact) mass is 589 g/mol. The van der Waals surface area contributed by atoms with Crippen LogP contribution in [0.2, 0.25) is 0 Å². The highest BCUT2D eigenvalue weighted by molar-refractivity contribution is 6.02. The van der Waals surface area contributed by atoms with Crippen LogP contribution in [0.15, 0.2) is 108 Å². The lowest BCUT2D eigenvalue weighted by molar-refractivity contribution is 0.0195. The molecule has 0 bridgehead atoms. The van der Waals surface area contributed by atoms with Crippen LogP contribution >= 0.6 is 0 Å². The number of hydrogen-bond donors (Lipinski definition) is 3. The number of nitrogens with zero attached hydrogens (tertiary/aromatic N) is 4. The number of carboxylic acid groups (broad SMARTS) is 1. The second-order valence-electron chi connectivity index (χ2n) is 11.9. The van der Waals surface area contributed by atoms with Gasteiger partial charge in [-0.3, -0.25) is 9.80 Å². The molecule has 2 heterocycles. The van der Waals surface area contributed by atoms with E-state index < -0.39 is 5.97 Å². The molecule has 8 nitrogen and oxygen atoms in total. The summed E-state index contributed by atoms with van der Waals surface area (Å²) >= 11 is 0. The second-order valence-corrected chi connectivity index (χ2v) is 11.9. The van der Waals surface area contributed by atoms with Gasteiger partial charge in [0.15, 0.2) is 0 Å². The predicted octanol–water partition coefficient (Wildman–Crippen LogP) is 5.50. The van der Waals surface area contributed by atoms with Crippen molar-refractivity contribution in [1.82, 2.24) is 20.3 Å². The molecular formula is C36H39N5O3. The molecule has 1 saturated heterocycles. The Balaban J connectivity index is 1.21. The molecule has 3 atom stereocenters. The lowest BCUT2D eigenvalue weighted by atomic mass is 9.92. The summed E-state index contributed by atoms with van der Waals surface area (Å²) in [6.07, 6.45) is 0. The van der Waals surface area contributed by atoms with Crippen LogP contribution in [0, 0.1) is 0 Å². The Hall–Kier alpha value is -4.50. The first kappa shape index (κ1) is 29.6. The van der Waals surface area contributed by atoms with Gasteiger partial charge in [0, 0.05) is 31.7 Å². The number of rotatable bonds is 9. The number of hydrazone groups is 1. The molecule has 0 spiro atoms. The minimum absolute atomic E-state index is 0.00544. The molecule has 0 radical (unpaired) electrons. The molecular weight excluding hydrogens is 550 g/mol. The summed E-state index contributed by atoms with van der Waals surface area (Å²) in [4.78, 5) is 16.5. The molecule has 44 heavy (non-hydrogen) atoms. The lowest BCUT2D eigenvalue weighted by Gasteiger charge is -2.47. The molecule has 3 N–H and O–H groups in total. The van der Waals surface area contributed by atoms with Crippen molar-refractivity contribution in [2.24, 2.45) is 5.10 Å². The Kier molecular flexibility index (Phi) is 8.74. The van der Waals surface area contributed by atoms with Gasteiger partial charge in [-0.15, -0.1) is 0 Å². The van der Waals surface area contributed by atoms with Crippen LogP contribution in [0.1, 0.15) is 58.1 Å². The summed E-state index contributed by atoms with van der Waals surface area (Å²) < 4.78 is 0. The molecule has 8 heteroatoms. The van der Waals surface area contributed by atoms with Crippen molar-refractivity contribution in [2.75, 3.05) is 19.6 Å². The maximum atomic E-state index is 11.4. The van der Waals surface area contributed by atoms with Gasteiger partial charge < -0.3 is 10.2 Å². The fraction of sp³-hybridized carbons (Fsp3) is 0.278. The number of carbonyl (C=O) groups is 1. The van der Waals surface area contributed by atoms with E-state index in [1.807, 2.05) is 18.2 Å². The van der Waals surface area contributed by atoms with E-state index in [9.17, 15) is 15.0 Å². The van der Waals surface area contributed by atoms with E-state index in [1.54, 1.807) is 29.4 Å². The van der Waals surface area contributed by atoms with E-state index in [-0.39, 0.29) is 17.4 Å². The summed E-state index contributed by atoms with van der Waals surface area (Å²) in [6, 6.07) is 34.5. The van der Waals surface area contributed by atoms with Crippen LogP contribution < -0.4 is 5.43 Å². The fourth-order valence-electron chi connectivity index (χ4n) is 6.36. The normalized spacial score (nSPS) is 20.0. The van der Waals surface area contributed by atoms with E-state index in [4.69, 9.17) is 5.10 Å². The van der Waals surface area contributed by atoms with E-state index in [0.717, 1.165) is 42.0 Å². The van der Waals surface area contributed by atoms with Crippen molar-refractivity contribution < 1.29 is 15.0 Å². The Morgan fingerprint density at radius 3 is 2.34 bits per heavy atom. The largest absolute Gasteiger partial charge is 0.508 e. The number of hydrazine groups is 1. The molecule has 0 amide bonds. The van der Waals surface area contributed by atoms with Crippen LogP contribution in [0.25, 0.3) is 0 Å². The number of hydrogen-bond acceptors (Lipinski definition) is 7. The minimum Gasteiger partial charge on any atom is -0.508 e. The number of benzene rings is 4. The Labute approximate surface area is 258 Å². The Bertz CT molecular complexity index is 1620. The Morgan fingerprint density at radius 2 is 1.59 bits per heavy atom. The van der Waals surface area contributed by atoms with Crippen LogP contribution in [-0.4, -0.2) is 68.5 Å². The standard InChI is InChI=1S/C36H39N5O3/c1-25-22-40(26(2)21-39(25)23-27-8-4-3-5-9-27)35(31-11-7-13-33(42)19-31)30-16-14-29(15-17-30)34-20-37-41(38-34)24-28-10-6-12-32(18-28)36(43)44/h3-19,25-26,35,37,42H,20-24H2,1-2H3,(H,43,44)/t25-,26+,35-/m1/s1. The van der Waals surface area contributed by atoms with E-state index >= 15 is 0 Å². The zero-order valence-electron chi connectivity index (χ0n) is 25.2. The summed E-state index contributed by atoms with van der Waals surface area (Å²) in [5.41, 5.74) is 9.97. The fourth-order valence-corrected chi connectivity index (χ4v) is 6.36. The van der Waals surface area contributed by atoms with Crippen LogP contribution in [0.4, 0.5) is 0 Å². The molecule has 0 saturated carbocycles. The first-order chi connectivity index (χ1) is 21.3. The SMILES string of the molecule is C[C@@H]1CN([C@H](c2ccc(C3=NN(Cc4cccc(C(=O)O)c4)NC3)cc2)c2cccc(O)c2)[C@@H](C)CN1Cc1ccccc1. The van der Waals surface area contributed by atoms with Crippen molar-refractivity contribution in [3.05, 3.63) is 137 Å². The zero-order valence-corrected chi connectivity index (χ0v) is 25.2. The van der Waals surface area contributed by atoms with Gasteiger partial charge in [-0.2, -0.15) is 5.10 Å². The van der Waals surface area contributed by atoms with Crippen molar-refractivity contribution in [2.45, 2.75) is 45.1 Å². The van der Waals surface area contributed by atoms with Crippen LogP contribution in [-0.2, 0) is 13.1 Å². The molecule has 1 fully saturated rings. The third kappa shape index (κ3) is 6.68. The number of aromatic hydroxyl groups is 1. The number of piperazine rings is 1. The molecule has 4 aromatic carbocycles. The predicted molar refractivity (Wildman–Crippen MR) is 172 cm³/mol. The molecule has 0 unspecified atom stereocenters. The van der Waals surface area contributed by atoms with E-state index in [0.29, 0.717) is 25.2 Å². The van der Waals surface area contributed by atoms with Gasteiger partial charge in [0.2, 0.25) is 0 Å². The smallest absolute Gasteiger partial charge is 0.335 e. The molecule has 226 valence electrons. The zero-order chi connectivity index (χ0) is 30.6. The van der Waals surface area contributed by atoms with Gasteiger partial charge in [-0.25, -0.2) is 15.3 Å². The summed E-state index contributed by atoms with van der Waals surface area (Å²) in [5.74, 6) is -0.666. The minimum atomic E-state index is -0.938. The number of nitrogens with one attached hydrogen (secondary N) is 1. The molecule has 0 aromatic heterocycles. The second kappa shape index (κ2) is 13.0. The molecule has 4 aromatic rings. The highest BCUT2D eigenvalue weighted by Gasteiger charge is 2.35.